The largest absolute Gasteiger partial charge is 0.456 e. The zero-order valence-electron chi connectivity index (χ0n) is 11.1. The van der Waals surface area contributed by atoms with Gasteiger partial charge in [-0.25, -0.2) is 17.5 Å². The van der Waals surface area contributed by atoms with E-state index in [0.717, 1.165) is 0 Å². The lowest BCUT2D eigenvalue weighted by molar-refractivity contribution is -0.159. The SMILES string of the molecule is CS(=O)(=O)N1CCC(NCC2CC(F)(F)C(=O)O2)CC1. The predicted octanol–water partition coefficient (Wildman–Crippen LogP) is -0.0492. The van der Waals surface area contributed by atoms with Gasteiger partial charge in [0.05, 0.1) is 12.7 Å². The average Bonchev–Trinajstić information content (AvgIpc) is 2.60. The van der Waals surface area contributed by atoms with Crippen LogP contribution in [0.3, 0.4) is 0 Å². The van der Waals surface area contributed by atoms with Gasteiger partial charge in [0.1, 0.15) is 6.10 Å². The number of carbonyl (C=O) groups excluding carboxylic acids is 1. The molecule has 0 aromatic heterocycles. The number of piperidine rings is 1. The van der Waals surface area contributed by atoms with Crippen LogP contribution in [0.15, 0.2) is 0 Å². The van der Waals surface area contributed by atoms with Crippen molar-refractivity contribution in [2.75, 3.05) is 25.9 Å². The number of hydrogen-bond acceptors (Lipinski definition) is 5. The predicted molar refractivity (Wildman–Crippen MR) is 66.9 cm³/mol. The van der Waals surface area contributed by atoms with Gasteiger partial charge in [-0.2, -0.15) is 8.78 Å². The number of nitrogens with one attached hydrogen (secondary N) is 1. The fraction of sp³-hybridized carbons (Fsp3) is 0.909. The fourth-order valence-electron chi connectivity index (χ4n) is 2.45. The van der Waals surface area contributed by atoms with Crippen LogP contribution in [0.1, 0.15) is 19.3 Å². The third-order valence-corrected chi connectivity index (χ3v) is 4.92. The summed E-state index contributed by atoms with van der Waals surface area (Å²) < 4.78 is 54.6. The lowest BCUT2D eigenvalue weighted by Gasteiger charge is -2.31. The van der Waals surface area contributed by atoms with E-state index < -0.39 is 34.4 Å². The number of carbonyl (C=O) groups is 1. The highest BCUT2D eigenvalue weighted by atomic mass is 32.2. The number of hydrogen-bond donors (Lipinski definition) is 1. The van der Waals surface area contributed by atoms with Crippen molar-refractivity contribution in [3.8, 4) is 0 Å². The molecule has 2 rings (SSSR count). The molecule has 2 aliphatic rings. The van der Waals surface area contributed by atoms with Gasteiger partial charge in [-0.1, -0.05) is 0 Å². The molecule has 2 saturated heterocycles. The molecule has 1 atom stereocenters. The highest BCUT2D eigenvalue weighted by Gasteiger charge is 2.50. The van der Waals surface area contributed by atoms with Crippen LogP contribution < -0.4 is 5.32 Å². The molecule has 2 aliphatic heterocycles. The number of esters is 1. The van der Waals surface area contributed by atoms with Crippen molar-refractivity contribution in [2.24, 2.45) is 0 Å². The maximum atomic E-state index is 13.0. The summed E-state index contributed by atoms with van der Waals surface area (Å²) in [6.07, 6.45) is 0.987. The van der Waals surface area contributed by atoms with Crippen molar-refractivity contribution in [1.82, 2.24) is 9.62 Å². The first-order valence-corrected chi connectivity index (χ1v) is 8.31. The molecule has 0 bridgehead atoms. The highest BCUT2D eigenvalue weighted by Crippen LogP contribution is 2.30. The monoisotopic (exact) mass is 312 g/mol. The van der Waals surface area contributed by atoms with Crippen molar-refractivity contribution in [1.29, 1.82) is 0 Å². The number of alkyl halides is 2. The van der Waals surface area contributed by atoms with Crippen LogP contribution in [0.5, 0.6) is 0 Å². The highest BCUT2D eigenvalue weighted by molar-refractivity contribution is 7.88. The molecule has 0 aromatic rings. The third kappa shape index (κ3) is 3.64. The second kappa shape index (κ2) is 5.53. The first-order chi connectivity index (χ1) is 9.18. The van der Waals surface area contributed by atoms with Gasteiger partial charge in [0.25, 0.3) is 0 Å². The fourth-order valence-corrected chi connectivity index (χ4v) is 3.33. The molecule has 116 valence electrons. The number of nitrogens with zero attached hydrogens (tertiary/aromatic N) is 1. The molecule has 2 fully saturated rings. The van der Waals surface area contributed by atoms with Crippen molar-refractivity contribution in [3.05, 3.63) is 0 Å². The Balaban J connectivity index is 1.74. The van der Waals surface area contributed by atoms with Crippen molar-refractivity contribution < 1.29 is 26.7 Å². The molecule has 0 spiro atoms. The van der Waals surface area contributed by atoms with Crippen LogP contribution in [0, 0.1) is 0 Å². The molecule has 2 heterocycles. The molecular weight excluding hydrogens is 294 g/mol. The van der Waals surface area contributed by atoms with Crippen LogP contribution in [0.4, 0.5) is 8.78 Å². The number of halogens is 2. The van der Waals surface area contributed by atoms with Gasteiger partial charge < -0.3 is 10.1 Å². The maximum absolute atomic E-state index is 13.0. The topological polar surface area (TPSA) is 75.7 Å². The number of sulfonamides is 1. The van der Waals surface area contributed by atoms with Crippen molar-refractivity contribution in [2.45, 2.75) is 37.3 Å². The van der Waals surface area contributed by atoms with Gasteiger partial charge >= 0.3 is 11.9 Å². The van der Waals surface area contributed by atoms with Gasteiger partial charge in [0.2, 0.25) is 10.0 Å². The van der Waals surface area contributed by atoms with Gasteiger partial charge in [-0.3, -0.25) is 0 Å². The molecule has 0 aromatic carbocycles. The molecular formula is C11H18F2N2O4S. The van der Waals surface area contributed by atoms with E-state index in [4.69, 9.17) is 0 Å². The van der Waals surface area contributed by atoms with Gasteiger partial charge in [-0.15, -0.1) is 0 Å². The Hall–Kier alpha value is -0.800. The molecule has 20 heavy (non-hydrogen) atoms. The Kier molecular flexibility index (Phi) is 4.31. The molecule has 1 N–H and O–H groups in total. The normalized spacial score (nSPS) is 28.6. The minimum atomic E-state index is -3.38. The van der Waals surface area contributed by atoms with Gasteiger partial charge in [0, 0.05) is 25.7 Å². The molecule has 1 unspecified atom stereocenters. The van der Waals surface area contributed by atoms with E-state index in [1.54, 1.807) is 0 Å². The van der Waals surface area contributed by atoms with Gasteiger partial charge in [0.15, 0.2) is 0 Å². The van der Waals surface area contributed by atoms with E-state index in [9.17, 15) is 22.0 Å². The number of cyclic esters (lactones) is 1. The first kappa shape index (κ1) is 15.6. The van der Waals surface area contributed by atoms with E-state index in [2.05, 4.69) is 10.1 Å². The summed E-state index contributed by atoms with van der Waals surface area (Å²) in [5.74, 6) is -4.84. The first-order valence-electron chi connectivity index (χ1n) is 6.46. The summed E-state index contributed by atoms with van der Waals surface area (Å²) in [6, 6.07) is 0.0564. The summed E-state index contributed by atoms with van der Waals surface area (Å²) >= 11 is 0. The van der Waals surface area contributed by atoms with Crippen LogP contribution in [0.25, 0.3) is 0 Å². The minimum absolute atomic E-state index is 0.0564. The maximum Gasteiger partial charge on any atom is 0.377 e. The summed E-state index contributed by atoms with van der Waals surface area (Å²) in [5.41, 5.74) is 0. The van der Waals surface area contributed by atoms with E-state index in [-0.39, 0.29) is 12.6 Å². The van der Waals surface area contributed by atoms with Crippen LogP contribution in [-0.2, 0) is 19.6 Å². The minimum Gasteiger partial charge on any atom is -0.456 e. The molecule has 0 saturated carbocycles. The molecule has 9 heteroatoms. The Labute approximate surface area is 116 Å². The van der Waals surface area contributed by atoms with Crippen LogP contribution in [-0.4, -0.2) is 62.7 Å². The Morgan fingerprint density at radius 1 is 1.40 bits per heavy atom. The molecule has 0 radical (unpaired) electrons. The Morgan fingerprint density at radius 3 is 2.45 bits per heavy atom. The molecule has 6 nitrogen and oxygen atoms in total. The third-order valence-electron chi connectivity index (χ3n) is 3.61. The average molecular weight is 312 g/mol. The zero-order chi connectivity index (χ0) is 15.0. The lowest BCUT2D eigenvalue weighted by Crippen LogP contribution is -2.46. The van der Waals surface area contributed by atoms with E-state index in [1.807, 2.05) is 0 Å². The van der Waals surface area contributed by atoms with Crippen LogP contribution >= 0.6 is 0 Å². The molecule has 0 aliphatic carbocycles. The second-order valence-electron chi connectivity index (χ2n) is 5.28. The standard InChI is InChI=1S/C11H18F2N2O4S/c1-20(17,18)15-4-2-8(3-5-15)14-7-9-6-11(12,13)10(16)19-9/h8-9,14H,2-7H2,1H3. The van der Waals surface area contributed by atoms with E-state index in [1.165, 1.54) is 10.6 Å². The quantitative estimate of drug-likeness (QED) is 0.737. The summed E-state index contributed by atoms with van der Waals surface area (Å²) in [6.45, 7) is 0.999. The zero-order valence-corrected chi connectivity index (χ0v) is 12.0. The van der Waals surface area contributed by atoms with Gasteiger partial charge in [-0.05, 0) is 12.8 Å². The number of rotatable bonds is 4. The Bertz CT molecular complexity index is 475. The summed E-state index contributed by atoms with van der Waals surface area (Å²) in [7, 11) is -3.17. The van der Waals surface area contributed by atoms with Crippen molar-refractivity contribution in [3.63, 3.8) is 0 Å². The molecule has 0 amide bonds. The smallest absolute Gasteiger partial charge is 0.377 e. The van der Waals surface area contributed by atoms with Crippen LogP contribution in [0.2, 0.25) is 0 Å². The van der Waals surface area contributed by atoms with Crippen molar-refractivity contribution >= 4 is 16.0 Å². The second-order valence-corrected chi connectivity index (χ2v) is 7.26. The van der Waals surface area contributed by atoms with E-state index >= 15 is 0 Å². The summed E-state index contributed by atoms with van der Waals surface area (Å²) in [4.78, 5) is 10.8. The Morgan fingerprint density at radius 2 is 2.00 bits per heavy atom. The van der Waals surface area contributed by atoms with E-state index in [0.29, 0.717) is 25.9 Å². The summed E-state index contributed by atoms with van der Waals surface area (Å²) in [5, 5.41) is 3.06. The number of ether oxygens (including phenoxy) is 1. The lowest BCUT2D eigenvalue weighted by atomic mass is 10.1.